The van der Waals surface area contributed by atoms with Crippen LogP contribution in [-0.4, -0.2) is 18.9 Å². The minimum Gasteiger partial charge on any atom is -0.352 e. The van der Waals surface area contributed by atoms with E-state index < -0.39 is 15.4 Å². The first-order valence-corrected chi connectivity index (χ1v) is 17.6. The maximum Gasteiger partial charge on any atom is 0.272 e. The van der Waals surface area contributed by atoms with Crippen molar-refractivity contribution in [1.82, 2.24) is 5.32 Å². The zero-order valence-corrected chi connectivity index (χ0v) is 25.2. The largest absolute Gasteiger partial charge is 0.352 e. The van der Waals surface area contributed by atoms with Crippen LogP contribution in [0.5, 0.6) is 0 Å². The third kappa shape index (κ3) is 9.05. The van der Waals surface area contributed by atoms with Crippen LogP contribution in [0.2, 0.25) is 0 Å². The normalized spacial score (nSPS) is 26.6. The Bertz CT molecular complexity index is 985. The van der Waals surface area contributed by atoms with E-state index >= 15 is 0 Å². The topological polar surface area (TPSA) is 83.5 Å². The highest BCUT2D eigenvalue weighted by atomic mass is 32.2. The lowest BCUT2D eigenvalue weighted by atomic mass is 9.49. The highest BCUT2D eigenvalue weighted by Crippen LogP contribution is 2.61. The molecule has 6 heteroatoms. The summed E-state index contributed by atoms with van der Waals surface area (Å²) in [5.41, 5.74) is 1.61. The van der Waals surface area contributed by atoms with Gasteiger partial charge in [0.1, 0.15) is 5.25 Å². The SMILES string of the molecule is CCCCCCCCCCCCCC(c1ccccc1CNC(=O)CC12CC3CC(CC(C3)C1)C2)S(=O)(=O)O. The van der Waals surface area contributed by atoms with Gasteiger partial charge in [0, 0.05) is 13.0 Å². The summed E-state index contributed by atoms with van der Waals surface area (Å²) in [5, 5.41) is 2.18. The number of rotatable bonds is 18. The Hall–Kier alpha value is -1.40. The zero-order valence-electron chi connectivity index (χ0n) is 24.3. The van der Waals surface area contributed by atoms with Crippen LogP contribution >= 0.6 is 0 Å². The van der Waals surface area contributed by atoms with Crippen LogP contribution in [0.1, 0.15) is 145 Å². The van der Waals surface area contributed by atoms with E-state index in [1.54, 1.807) is 6.07 Å². The molecule has 39 heavy (non-hydrogen) atoms. The highest BCUT2D eigenvalue weighted by molar-refractivity contribution is 7.86. The van der Waals surface area contributed by atoms with Crippen molar-refractivity contribution in [1.29, 1.82) is 0 Å². The molecule has 0 heterocycles. The fraction of sp³-hybridized carbons (Fsp3) is 0.788. The van der Waals surface area contributed by atoms with Crippen molar-refractivity contribution in [2.75, 3.05) is 0 Å². The number of unbranched alkanes of at least 4 members (excludes halogenated alkanes) is 10. The summed E-state index contributed by atoms with van der Waals surface area (Å²) in [6, 6.07) is 7.40. The molecule has 4 aliphatic carbocycles. The fourth-order valence-corrected chi connectivity index (χ4v) is 9.59. The van der Waals surface area contributed by atoms with Gasteiger partial charge in [-0.05, 0) is 79.2 Å². The summed E-state index contributed by atoms with van der Waals surface area (Å²) in [4.78, 5) is 13.1. The quantitative estimate of drug-likeness (QED) is 0.139. The molecule has 220 valence electrons. The average Bonchev–Trinajstić information content (AvgIpc) is 2.87. The van der Waals surface area contributed by atoms with E-state index in [0.29, 0.717) is 24.9 Å². The number of carbonyl (C=O) groups excluding carboxylic acids is 1. The number of hydrogen-bond donors (Lipinski definition) is 2. The summed E-state index contributed by atoms with van der Waals surface area (Å²) < 4.78 is 35.0. The number of hydrogen-bond acceptors (Lipinski definition) is 3. The molecule has 0 radical (unpaired) electrons. The molecule has 0 aromatic heterocycles. The second-order valence-corrected chi connectivity index (χ2v) is 15.0. The molecule has 4 fully saturated rings. The maximum atomic E-state index is 13.1. The summed E-state index contributed by atoms with van der Waals surface area (Å²) >= 11 is 0. The van der Waals surface area contributed by atoms with E-state index in [1.165, 1.54) is 89.9 Å². The van der Waals surface area contributed by atoms with Crippen molar-refractivity contribution in [3.63, 3.8) is 0 Å². The monoisotopic (exact) mass is 559 g/mol. The highest BCUT2D eigenvalue weighted by Gasteiger charge is 2.51. The third-order valence-electron chi connectivity index (χ3n) is 10.0. The molecule has 1 unspecified atom stereocenters. The second-order valence-electron chi connectivity index (χ2n) is 13.4. The van der Waals surface area contributed by atoms with E-state index in [4.69, 9.17) is 0 Å². The van der Waals surface area contributed by atoms with Crippen molar-refractivity contribution in [2.45, 2.75) is 141 Å². The Labute approximate surface area is 238 Å². The molecule has 0 saturated heterocycles. The summed E-state index contributed by atoms with van der Waals surface area (Å²) in [5.74, 6) is 2.53. The number of carbonyl (C=O) groups is 1. The standard InChI is InChI=1S/C33H53NO4S/c1-2-3-4-5-6-7-8-9-10-11-12-17-31(39(36,37)38)30-16-14-13-15-29(30)25-34-32(35)24-33-21-26-18-27(22-33)20-28(19-26)23-33/h13-16,26-28,31H,2-12,17-25H2,1H3,(H,34,35)(H,36,37,38). The molecule has 1 aromatic carbocycles. The molecule has 2 N–H and O–H groups in total. The second kappa shape index (κ2) is 14.5. The Morgan fingerprint density at radius 1 is 0.872 bits per heavy atom. The first kappa shape index (κ1) is 30.6. The molecular formula is C33H53NO4S. The van der Waals surface area contributed by atoms with Crippen LogP contribution in [0.25, 0.3) is 0 Å². The predicted octanol–water partition coefficient (Wildman–Crippen LogP) is 8.54. The van der Waals surface area contributed by atoms with Gasteiger partial charge in [0.25, 0.3) is 10.1 Å². The van der Waals surface area contributed by atoms with Gasteiger partial charge >= 0.3 is 0 Å². The zero-order chi connectivity index (χ0) is 27.7. The van der Waals surface area contributed by atoms with Crippen molar-refractivity contribution in [3.05, 3.63) is 35.4 Å². The summed E-state index contributed by atoms with van der Waals surface area (Å²) in [6.45, 7) is 2.55. The van der Waals surface area contributed by atoms with Crippen molar-refractivity contribution in [2.24, 2.45) is 23.2 Å². The van der Waals surface area contributed by atoms with Crippen LogP contribution in [0, 0.1) is 23.2 Å². The van der Waals surface area contributed by atoms with Gasteiger partial charge in [-0.15, -0.1) is 0 Å². The minimum atomic E-state index is -4.24. The molecule has 4 aliphatic rings. The van der Waals surface area contributed by atoms with Gasteiger partial charge in [0.15, 0.2) is 0 Å². The van der Waals surface area contributed by atoms with Gasteiger partial charge in [-0.25, -0.2) is 0 Å². The Balaban J connectivity index is 1.23. The van der Waals surface area contributed by atoms with Gasteiger partial charge in [-0.1, -0.05) is 102 Å². The maximum absolute atomic E-state index is 13.1. The van der Waals surface area contributed by atoms with E-state index in [0.717, 1.165) is 42.6 Å². The van der Waals surface area contributed by atoms with Gasteiger partial charge in [-0.2, -0.15) is 8.42 Å². The van der Waals surface area contributed by atoms with Crippen molar-refractivity contribution >= 4 is 16.0 Å². The lowest BCUT2D eigenvalue weighted by Gasteiger charge is -2.56. The Morgan fingerprint density at radius 3 is 1.92 bits per heavy atom. The van der Waals surface area contributed by atoms with Gasteiger partial charge in [-0.3, -0.25) is 9.35 Å². The number of benzene rings is 1. The van der Waals surface area contributed by atoms with E-state index in [1.807, 2.05) is 18.2 Å². The molecule has 4 bridgehead atoms. The molecule has 0 spiro atoms. The Morgan fingerprint density at radius 2 is 1.38 bits per heavy atom. The minimum absolute atomic E-state index is 0.0838. The molecule has 1 aromatic rings. The molecule has 4 saturated carbocycles. The molecule has 1 amide bonds. The molecular weight excluding hydrogens is 506 g/mol. The van der Waals surface area contributed by atoms with Crippen LogP contribution in [0.3, 0.4) is 0 Å². The van der Waals surface area contributed by atoms with Crippen molar-refractivity contribution < 1.29 is 17.8 Å². The summed E-state index contributed by atoms with van der Waals surface area (Å²) in [7, 11) is -4.24. The molecule has 5 nitrogen and oxygen atoms in total. The molecule has 1 atom stereocenters. The van der Waals surface area contributed by atoms with Crippen LogP contribution < -0.4 is 5.32 Å². The van der Waals surface area contributed by atoms with Gasteiger partial charge < -0.3 is 5.32 Å². The fourth-order valence-electron chi connectivity index (χ4n) is 8.57. The Kier molecular flexibility index (Phi) is 11.3. The van der Waals surface area contributed by atoms with Crippen LogP contribution in [-0.2, 0) is 21.5 Å². The first-order chi connectivity index (χ1) is 18.8. The lowest BCUT2D eigenvalue weighted by Crippen LogP contribution is -2.48. The van der Waals surface area contributed by atoms with E-state index in [-0.39, 0.29) is 11.3 Å². The van der Waals surface area contributed by atoms with Crippen LogP contribution in [0.15, 0.2) is 24.3 Å². The summed E-state index contributed by atoms with van der Waals surface area (Å²) in [6.07, 6.45) is 21.9. The lowest BCUT2D eigenvalue weighted by molar-refractivity contribution is -0.129. The first-order valence-electron chi connectivity index (χ1n) is 16.1. The predicted molar refractivity (Wildman–Crippen MR) is 159 cm³/mol. The van der Waals surface area contributed by atoms with Crippen molar-refractivity contribution in [3.8, 4) is 0 Å². The molecule has 0 aliphatic heterocycles. The van der Waals surface area contributed by atoms with Gasteiger partial charge in [0.2, 0.25) is 5.91 Å². The smallest absolute Gasteiger partial charge is 0.272 e. The van der Waals surface area contributed by atoms with Gasteiger partial charge in [0.05, 0.1) is 0 Å². The van der Waals surface area contributed by atoms with E-state index in [9.17, 15) is 17.8 Å². The van der Waals surface area contributed by atoms with Crippen LogP contribution in [0.4, 0.5) is 0 Å². The van der Waals surface area contributed by atoms with E-state index in [2.05, 4.69) is 12.2 Å². The number of nitrogens with one attached hydrogen (secondary N) is 1. The number of amides is 1. The third-order valence-corrected chi connectivity index (χ3v) is 11.2. The average molecular weight is 560 g/mol. The molecule has 5 rings (SSSR count).